The summed E-state index contributed by atoms with van der Waals surface area (Å²) in [5, 5.41) is 0. The Morgan fingerprint density at radius 3 is 2.00 bits per heavy atom. The minimum atomic E-state index is 0. The highest BCUT2D eigenvalue weighted by Crippen LogP contribution is 2.27. The van der Waals surface area contributed by atoms with E-state index >= 15 is 0 Å². The lowest BCUT2D eigenvalue weighted by Crippen LogP contribution is -2.20. The van der Waals surface area contributed by atoms with Crippen LogP contribution >= 0.6 is 12.4 Å². The molecule has 0 aromatic heterocycles. The second-order valence-electron chi connectivity index (χ2n) is 5.53. The van der Waals surface area contributed by atoms with Crippen LogP contribution in [0.3, 0.4) is 0 Å². The Bertz CT molecular complexity index is 617. The fraction of sp³-hybridized carbons (Fsp3) is 0.368. The van der Waals surface area contributed by atoms with Gasteiger partial charge in [-0.2, -0.15) is 0 Å². The highest BCUT2D eigenvalue weighted by Gasteiger charge is 2.07. The molecule has 0 atom stereocenters. The maximum atomic E-state index is 5.35. The Morgan fingerprint density at radius 1 is 0.792 bits per heavy atom. The Balaban J connectivity index is 0.00000288. The average molecular weight is 352 g/mol. The molecule has 24 heavy (non-hydrogen) atoms. The van der Waals surface area contributed by atoms with Crippen LogP contribution in [-0.4, -0.2) is 39.8 Å². The van der Waals surface area contributed by atoms with Crippen molar-refractivity contribution in [2.24, 2.45) is 0 Å². The second kappa shape index (κ2) is 10.1. The van der Waals surface area contributed by atoms with Crippen LogP contribution in [0.2, 0.25) is 0 Å². The first-order chi connectivity index (χ1) is 11.2. The predicted molar refractivity (Wildman–Crippen MR) is 99.8 cm³/mol. The van der Waals surface area contributed by atoms with Gasteiger partial charge in [-0.25, -0.2) is 0 Å². The maximum absolute atomic E-state index is 5.35. The van der Waals surface area contributed by atoms with E-state index in [-0.39, 0.29) is 12.4 Å². The van der Waals surface area contributed by atoms with E-state index in [2.05, 4.69) is 30.1 Å². The molecule has 0 saturated carbocycles. The first-order valence-electron chi connectivity index (χ1n) is 7.68. The van der Waals surface area contributed by atoms with E-state index < -0.39 is 0 Å². The van der Waals surface area contributed by atoms with E-state index in [1.54, 1.807) is 21.3 Å². The molecule has 0 radical (unpaired) electrons. The number of benzene rings is 2. The fourth-order valence-electron chi connectivity index (χ4n) is 2.48. The van der Waals surface area contributed by atoms with Crippen LogP contribution in [0.15, 0.2) is 42.5 Å². The number of rotatable bonds is 8. The molecular formula is C19H26ClNO3. The van der Waals surface area contributed by atoms with E-state index in [1.807, 2.05) is 24.3 Å². The lowest BCUT2D eigenvalue weighted by atomic mass is 10.1. The standard InChI is InChI=1S/C19H25NO3.ClH/c1-20(12-11-15-5-8-17(21-2)9-6-15)14-16-7-10-18(22-3)19(13-16)23-4;/h5-10,13H,11-12,14H2,1-4H3;1H. The van der Waals surface area contributed by atoms with Gasteiger partial charge >= 0.3 is 0 Å². The van der Waals surface area contributed by atoms with Crippen LogP contribution in [0, 0.1) is 0 Å². The lowest BCUT2D eigenvalue weighted by Gasteiger charge is -2.18. The van der Waals surface area contributed by atoms with Gasteiger partial charge in [0.2, 0.25) is 0 Å². The summed E-state index contributed by atoms with van der Waals surface area (Å²) in [5.41, 5.74) is 2.52. The van der Waals surface area contributed by atoms with Crippen molar-refractivity contribution in [3.63, 3.8) is 0 Å². The summed E-state index contributed by atoms with van der Waals surface area (Å²) in [6, 6.07) is 14.3. The Labute approximate surface area is 150 Å². The molecular weight excluding hydrogens is 326 g/mol. The molecule has 0 heterocycles. The molecule has 0 N–H and O–H groups in total. The molecule has 0 aliphatic carbocycles. The van der Waals surface area contributed by atoms with Crippen molar-refractivity contribution in [1.82, 2.24) is 4.90 Å². The number of halogens is 1. The molecule has 0 unspecified atom stereocenters. The number of methoxy groups -OCH3 is 3. The van der Waals surface area contributed by atoms with Gasteiger partial charge in [-0.1, -0.05) is 18.2 Å². The van der Waals surface area contributed by atoms with Crippen molar-refractivity contribution in [2.75, 3.05) is 34.9 Å². The molecule has 132 valence electrons. The molecule has 0 aliphatic heterocycles. The van der Waals surface area contributed by atoms with Gasteiger partial charge in [-0.3, -0.25) is 0 Å². The number of likely N-dealkylation sites (N-methyl/N-ethyl adjacent to an activating group) is 1. The maximum Gasteiger partial charge on any atom is 0.161 e. The molecule has 2 rings (SSSR count). The minimum absolute atomic E-state index is 0. The normalized spacial score (nSPS) is 10.2. The van der Waals surface area contributed by atoms with Crippen LogP contribution in [0.25, 0.3) is 0 Å². The zero-order valence-electron chi connectivity index (χ0n) is 14.7. The van der Waals surface area contributed by atoms with Crippen molar-refractivity contribution in [1.29, 1.82) is 0 Å². The van der Waals surface area contributed by atoms with Gasteiger partial charge in [0.25, 0.3) is 0 Å². The Morgan fingerprint density at radius 2 is 1.42 bits per heavy atom. The van der Waals surface area contributed by atoms with E-state index in [1.165, 1.54) is 11.1 Å². The molecule has 0 spiro atoms. The van der Waals surface area contributed by atoms with Crippen molar-refractivity contribution < 1.29 is 14.2 Å². The van der Waals surface area contributed by atoms with Crippen LogP contribution < -0.4 is 14.2 Å². The molecule has 2 aromatic rings. The zero-order valence-corrected chi connectivity index (χ0v) is 15.6. The van der Waals surface area contributed by atoms with Crippen LogP contribution in [0.4, 0.5) is 0 Å². The van der Waals surface area contributed by atoms with E-state index in [0.29, 0.717) is 0 Å². The quantitative estimate of drug-likeness (QED) is 0.723. The summed E-state index contributed by atoms with van der Waals surface area (Å²) in [5.74, 6) is 2.43. The van der Waals surface area contributed by atoms with Gasteiger partial charge < -0.3 is 19.1 Å². The lowest BCUT2D eigenvalue weighted by molar-refractivity contribution is 0.327. The van der Waals surface area contributed by atoms with Gasteiger partial charge in [0.15, 0.2) is 11.5 Å². The minimum Gasteiger partial charge on any atom is -0.497 e. The second-order valence-corrected chi connectivity index (χ2v) is 5.53. The highest BCUT2D eigenvalue weighted by molar-refractivity contribution is 5.85. The van der Waals surface area contributed by atoms with E-state index in [9.17, 15) is 0 Å². The van der Waals surface area contributed by atoms with Gasteiger partial charge in [0, 0.05) is 13.1 Å². The first-order valence-corrected chi connectivity index (χ1v) is 7.68. The molecule has 0 amide bonds. The molecule has 0 bridgehead atoms. The first kappa shape index (κ1) is 20.1. The van der Waals surface area contributed by atoms with Crippen molar-refractivity contribution in [3.8, 4) is 17.2 Å². The number of ether oxygens (including phenoxy) is 3. The highest BCUT2D eigenvalue weighted by atomic mass is 35.5. The number of hydrogen-bond donors (Lipinski definition) is 0. The average Bonchev–Trinajstić information content (AvgIpc) is 2.60. The zero-order chi connectivity index (χ0) is 16.7. The van der Waals surface area contributed by atoms with Crippen LogP contribution in [-0.2, 0) is 13.0 Å². The molecule has 0 saturated heterocycles. The number of nitrogens with zero attached hydrogens (tertiary/aromatic N) is 1. The summed E-state index contributed by atoms with van der Waals surface area (Å²) >= 11 is 0. The molecule has 0 fully saturated rings. The van der Waals surface area contributed by atoms with Crippen LogP contribution in [0.5, 0.6) is 17.2 Å². The number of hydrogen-bond acceptors (Lipinski definition) is 4. The molecule has 2 aromatic carbocycles. The van der Waals surface area contributed by atoms with Crippen molar-refractivity contribution in [3.05, 3.63) is 53.6 Å². The van der Waals surface area contributed by atoms with E-state index in [0.717, 1.165) is 36.8 Å². The van der Waals surface area contributed by atoms with Crippen LogP contribution in [0.1, 0.15) is 11.1 Å². The molecule has 4 nitrogen and oxygen atoms in total. The molecule has 5 heteroatoms. The topological polar surface area (TPSA) is 30.9 Å². The monoisotopic (exact) mass is 351 g/mol. The summed E-state index contributed by atoms with van der Waals surface area (Å²) in [4.78, 5) is 2.30. The largest absolute Gasteiger partial charge is 0.497 e. The summed E-state index contributed by atoms with van der Waals surface area (Å²) in [6.07, 6.45) is 1.01. The van der Waals surface area contributed by atoms with Crippen molar-refractivity contribution >= 4 is 12.4 Å². The summed E-state index contributed by atoms with van der Waals surface area (Å²) < 4.78 is 15.8. The van der Waals surface area contributed by atoms with Gasteiger partial charge in [0.05, 0.1) is 21.3 Å². The predicted octanol–water partition coefficient (Wildman–Crippen LogP) is 3.81. The fourth-order valence-corrected chi connectivity index (χ4v) is 2.48. The Hall–Kier alpha value is -1.91. The SMILES string of the molecule is COc1ccc(CCN(C)Cc2ccc(OC)c(OC)c2)cc1.Cl. The Kier molecular flexibility index (Phi) is 8.44. The molecule has 0 aliphatic rings. The summed E-state index contributed by atoms with van der Waals surface area (Å²) in [7, 11) is 7.12. The smallest absolute Gasteiger partial charge is 0.161 e. The third-order valence-corrected chi connectivity index (χ3v) is 3.84. The van der Waals surface area contributed by atoms with Gasteiger partial charge in [-0.15, -0.1) is 12.4 Å². The van der Waals surface area contributed by atoms with E-state index in [4.69, 9.17) is 14.2 Å². The van der Waals surface area contributed by atoms with Gasteiger partial charge in [-0.05, 0) is 48.9 Å². The summed E-state index contributed by atoms with van der Waals surface area (Å²) in [6.45, 7) is 1.86. The third-order valence-electron chi connectivity index (χ3n) is 3.84. The third kappa shape index (κ3) is 5.62. The van der Waals surface area contributed by atoms with Crippen molar-refractivity contribution in [2.45, 2.75) is 13.0 Å². The van der Waals surface area contributed by atoms with Gasteiger partial charge in [0.1, 0.15) is 5.75 Å².